The van der Waals surface area contributed by atoms with Crippen molar-refractivity contribution >= 4 is 24.0 Å². The van der Waals surface area contributed by atoms with Crippen LogP contribution in [0.2, 0.25) is 0 Å². The van der Waals surface area contributed by atoms with E-state index in [9.17, 15) is 24.1 Å². The summed E-state index contributed by atoms with van der Waals surface area (Å²) in [4.78, 5) is 40.1. The first-order chi connectivity index (χ1) is 23.2. The molecule has 1 aliphatic rings. The minimum absolute atomic E-state index is 0.0130. The first kappa shape index (κ1) is 39.5. The Morgan fingerprint density at radius 3 is 1.49 bits per heavy atom. The standard InChI is InChI=1S/C26H35O7P.C13H16O2/c1-17(15-26(2,3)4)16-34(29,24(27)22-18(30-5)11-9-12-19(22)31-6)25(28)23-20(32-7)13-10-14-21(23)33-8;14-12(11-7-3-1-4-8-11)13(15)9-5-2-6-10-13/h9-14,17H,15-16H2,1-8H3;1,3-4,7-8,15H,2,5-6,9-10H2. The van der Waals surface area contributed by atoms with Crippen molar-refractivity contribution in [2.75, 3.05) is 34.6 Å². The second-order valence-corrected chi connectivity index (χ2v) is 16.4. The molecule has 1 unspecified atom stereocenters. The van der Waals surface area contributed by atoms with E-state index in [1.54, 1.807) is 48.5 Å². The Balaban J connectivity index is 0.000000357. The van der Waals surface area contributed by atoms with E-state index in [4.69, 9.17) is 18.9 Å². The molecule has 3 aromatic rings. The van der Waals surface area contributed by atoms with Crippen LogP contribution < -0.4 is 18.9 Å². The number of carbonyl (C=O) groups is 3. The third-order valence-corrected chi connectivity index (χ3v) is 11.5. The summed E-state index contributed by atoms with van der Waals surface area (Å²) >= 11 is 0. The van der Waals surface area contributed by atoms with Gasteiger partial charge in [0, 0.05) is 11.7 Å². The highest BCUT2D eigenvalue weighted by Gasteiger charge is 2.46. The predicted octanol–water partition coefficient (Wildman–Crippen LogP) is 8.70. The smallest absolute Gasteiger partial charge is 0.236 e. The van der Waals surface area contributed by atoms with Gasteiger partial charge in [-0.2, -0.15) is 0 Å². The van der Waals surface area contributed by atoms with Crippen molar-refractivity contribution in [3.05, 3.63) is 83.4 Å². The molecule has 0 amide bonds. The van der Waals surface area contributed by atoms with Gasteiger partial charge < -0.3 is 28.6 Å². The molecule has 0 bridgehead atoms. The lowest BCUT2D eigenvalue weighted by Crippen LogP contribution is -2.40. The van der Waals surface area contributed by atoms with Gasteiger partial charge in [0.1, 0.15) is 39.7 Å². The largest absolute Gasteiger partial charge is 0.496 e. The van der Waals surface area contributed by atoms with Crippen molar-refractivity contribution in [3.8, 4) is 23.0 Å². The van der Waals surface area contributed by atoms with Crippen LogP contribution in [0.1, 0.15) is 97.3 Å². The van der Waals surface area contributed by atoms with Crippen molar-refractivity contribution in [2.45, 2.75) is 71.8 Å². The Morgan fingerprint density at radius 1 is 0.714 bits per heavy atom. The van der Waals surface area contributed by atoms with E-state index in [0.717, 1.165) is 19.3 Å². The summed E-state index contributed by atoms with van der Waals surface area (Å²) in [6.07, 6.45) is 4.82. The maximum atomic E-state index is 14.7. The summed E-state index contributed by atoms with van der Waals surface area (Å²) in [5.74, 6) is 0.462. The third-order valence-electron chi connectivity index (χ3n) is 8.61. The Kier molecular flexibility index (Phi) is 13.8. The normalized spacial score (nSPS) is 14.8. The van der Waals surface area contributed by atoms with Crippen molar-refractivity contribution in [3.63, 3.8) is 0 Å². The number of hydrogen-bond donors (Lipinski definition) is 1. The molecule has 1 N–H and O–H groups in total. The van der Waals surface area contributed by atoms with Crippen LogP contribution in [-0.2, 0) is 4.57 Å². The first-order valence-electron chi connectivity index (χ1n) is 16.6. The quantitative estimate of drug-likeness (QED) is 0.138. The predicted molar refractivity (Wildman–Crippen MR) is 192 cm³/mol. The van der Waals surface area contributed by atoms with Crippen LogP contribution in [0.25, 0.3) is 0 Å². The van der Waals surface area contributed by atoms with Crippen LogP contribution in [0.5, 0.6) is 23.0 Å². The molecule has 0 radical (unpaired) electrons. The molecule has 266 valence electrons. The maximum Gasteiger partial charge on any atom is 0.236 e. The highest BCUT2D eigenvalue weighted by Crippen LogP contribution is 2.58. The molecule has 49 heavy (non-hydrogen) atoms. The summed E-state index contributed by atoms with van der Waals surface area (Å²) in [5, 5.41) is 10.2. The Morgan fingerprint density at radius 2 is 1.12 bits per heavy atom. The average Bonchev–Trinajstić information content (AvgIpc) is 3.09. The van der Waals surface area contributed by atoms with Crippen LogP contribution in [0.4, 0.5) is 0 Å². The van der Waals surface area contributed by atoms with Crippen LogP contribution in [0.3, 0.4) is 0 Å². The minimum Gasteiger partial charge on any atom is -0.496 e. The van der Waals surface area contributed by atoms with Crippen LogP contribution in [-0.4, -0.2) is 62.1 Å². The van der Waals surface area contributed by atoms with Gasteiger partial charge in [0.25, 0.3) is 0 Å². The number of hydrogen-bond acceptors (Lipinski definition) is 9. The highest BCUT2D eigenvalue weighted by atomic mass is 31.2. The van der Waals surface area contributed by atoms with Gasteiger partial charge in [-0.15, -0.1) is 0 Å². The molecule has 0 spiro atoms. The molecule has 0 saturated heterocycles. The summed E-state index contributed by atoms with van der Waals surface area (Å²) < 4.78 is 36.2. The highest BCUT2D eigenvalue weighted by molar-refractivity contribution is 7.95. The molecule has 0 aliphatic heterocycles. The monoisotopic (exact) mass is 694 g/mol. The van der Waals surface area contributed by atoms with Gasteiger partial charge >= 0.3 is 0 Å². The SMILES string of the molecule is COc1cccc(OC)c1C(=O)P(=O)(CC(C)CC(C)(C)C)C(=O)c1c(OC)cccc1OC.O=C(c1ccccc1)C1(O)CCCCC1. The number of carbonyl (C=O) groups excluding carboxylic acids is 3. The van der Waals surface area contributed by atoms with Gasteiger partial charge in [0.05, 0.1) is 28.4 Å². The molecule has 9 nitrogen and oxygen atoms in total. The van der Waals surface area contributed by atoms with Crippen molar-refractivity contribution in [1.82, 2.24) is 0 Å². The lowest BCUT2D eigenvalue weighted by atomic mass is 9.79. The van der Waals surface area contributed by atoms with Gasteiger partial charge in [-0.25, -0.2) is 0 Å². The number of ketones is 1. The molecule has 1 fully saturated rings. The number of aliphatic hydroxyl groups is 1. The van der Waals surface area contributed by atoms with Crippen molar-refractivity contribution in [1.29, 1.82) is 0 Å². The summed E-state index contributed by atoms with van der Waals surface area (Å²) in [6.45, 7) is 8.08. The second kappa shape index (κ2) is 17.1. The first-order valence-corrected chi connectivity index (χ1v) is 18.5. The molecule has 0 heterocycles. The Hall–Kier alpha value is -3.94. The number of methoxy groups -OCH3 is 4. The van der Waals surface area contributed by atoms with Gasteiger partial charge in [0.15, 0.2) is 5.78 Å². The van der Waals surface area contributed by atoms with E-state index >= 15 is 0 Å². The summed E-state index contributed by atoms with van der Waals surface area (Å²) in [7, 11) is 1.38. The minimum atomic E-state index is -4.25. The zero-order valence-electron chi connectivity index (χ0n) is 30.0. The molecule has 1 aliphatic carbocycles. The van der Waals surface area contributed by atoms with E-state index < -0.39 is 23.8 Å². The molecule has 10 heteroatoms. The van der Waals surface area contributed by atoms with Gasteiger partial charge in [-0.3, -0.25) is 14.4 Å². The van der Waals surface area contributed by atoms with E-state index in [-0.39, 0.29) is 57.4 Å². The number of ether oxygens (including phenoxy) is 4. The van der Waals surface area contributed by atoms with Crippen LogP contribution in [0, 0.1) is 11.3 Å². The Labute approximate surface area is 290 Å². The lowest BCUT2D eigenvalue weighted by molar-refractivity contribution is 0.0116. The maximum absolute atomic E-state index is 14.7. The average molecular weight is 695 g/mol. The zero-order chi connectivity index (χ0) is 36.4. The van der Waals surface area contributed by atoms with E-state index in [0.29, 0.717) is 24.8 Å². The fraction of sp³-hybridized carbons (Fsp3) is 0.462. The topological polar surface area (TPSA) is 125 Å². The van der Waals surface area contributed by atoms with Crippen molar-refractivity contribution in [2.24, 2.45) is 11.3 Å². The molecule has 3 aromatic carbocycles. The van der Waals surface area contributed by atoms with E-state index in [1.807, 2.05) is 25.1 Å². The van der Waals surface area contributed by atoms with Gasteiger partial charge in [-0.05, 0) is 54.9 Å². The number of benzene rings is 3. The third kappa shape index (κ3) is 9.61. The van der Waals surface area contributed by atoms with Gasteiger partial charge in [-0.1, -0.05) is 89.4 Å². The second-order valence-electron chi connectivity index (χ2n) is 13.8. The molecule has 1 atom stereocenters. The molecule has 4 rings (SSSR count). The van der Waals surface area contributed by atoms with Crippen molar-refractivity contribution < 1.29 is 43.0 Å². The molecular formula is C39H51O9P. The van der Waals surface area contributed by atoms with Gasteiger partial charge in [0.2, 0.25) is 18.2 Å². The van der Waals surface area contributed by atoms with Crippen LogP contribution in [0.15, 0.2) is 66.7 Å². The molecular weight excluding hydrogens is 643 g/mol. The Bertz CT molecular complexity index is 1520. The zero-order valence-corrected chi connectivity index (χ0v) is 30.9. The number of Topliss-reactive ketones (excluding diaryl/α,β-unsaturated/α-hetero) is 1. The fourth-order valence-electron chi connectivity index (χ4n) is 6.51. The number of rotatable bonds is 13. The fourth-order valence-corrected chi connectivity index (χ4v) is 9.20. The summed E-state index contributed by atoms with van der Waals surface area (Å²) in [5.41, 5.74) is -2.19. The molecule has 0 aromatic heterocycles. The lowest BCUT2D eigenvalue weighted by Gasteiger charge is -2.30. The van der Waals surface area contributed by atoms with E-state index in [1.165, 1.54) is 28.4 Å². The molecule has 1 saturated carbocycles. The summed E-state index contributed by atoms with van der Waals surface area (Å²) in [6, 6.07) is 18.7. The van der Waals surface area contributed by atoms with E-state index in [2.05, 4.69) is 20.8 Å². The van der Waals surface area contributed by atoms with Crippen LogP contribution >= 0.6 is 7.14 Å².